The first kappa shape index (κ1) is 30.2. The molecule has 7 nitrogen and oxygen atoms in total. The third-order valence-electron chi connectivity index (χ3n) is 7.32. The van der Waals surface area contributed by atoms with Crippen molar-refractivity contribution in [3.8, 4) is 21.7 Å². The molecule has 1 fully saturated rings. The summed E-state index contributed by atoms with van der Waals surface area (Å²) in [6, 6.07) is 16.4. The second-order valence-electron chi connectivity index (χ2n) is 12.1. The molecule has 3 heterocycles. The molecule has 0 saturated carbocycles. The maximum atomic E-state index is 11.8. The third kappa shape index (κ3) is 6.52. The third-order valence-corrected chi connectivity index (χ3v) is 8.71. The van der Waals surface area contributed by atoms with Crippen molar-refractivity contribution in [2.24, 2.45) is 0 Å². The van der Waals surface area contributed by atoms with Crippen LogP contribution in [0.4, 0.5) is 0 Å². The largest absolute Gasteiger partial charge is 0.481 e. The van der Waals surface area contributed by atoms with Crippen LogP contribution in [0.3, 0.4) is 0 Å². The maximum absolute atomic E-state index is 11.8. The van der Waals surface area contributed by atoms with Crippen molar-refractivity contribution < 1.29 is 15.0 Å². The van der Waals surface area contributed by atoms with E-state index in [0.717, 1.165) is 79.4 Å². The summed E-state index contributed by atoms with van der Waals surface area (Å²) in [6.07, 6.45) is 1.07. The summed E-state index contributed by atoms with van der Waals surface area (Å²) in [5, 5.41) is 19.7. The number of halogens is 1. The highest BCUT2D eigenvalue weighted by atomic mass is 35.5. The normalized spacial score (nSPS) is 15.8. The standard InChI is InChI=1S/C29H27ClN4O2S.C4H10O/c1-16-12-24-28(27(22(16)14-26(35)36)18-4-7-20(30)8-5-18)37-29(32-24)19-6-9-23-25(13-19)34(17(2)31-23)21-10-11-33(3)15-21;1-4(2,3)5/h4-9,12-13,21H,10-11,14-15H2,1-3H3,(H,35,36);5H,1-3H3. The van der Waals surface area contributed by atoms with E-state index in [9.17, 15) is 9.90 Å². The van der Waals surface area contributed by atoms with Crippen molar-refractivity contribution in [3.63, 3.8) is 0 Å². The molecular formula is C33H37ClN4O3S. The van der Waals surface area contributed by atoms with E-state index in [2.05, 4.69) is 41.6 Å². The average molecular weight is 605 g/mol. The Morgan fingerprint density at radius 3 is 2.33 bits per heavy atom. The topological polar surface area (TPSA) is 91.5 Å². The van der Waals surface area contributed by atoms with Crippen molar-refractivity contribution in [3.05, 3.63) is 70.5 Å². The molecule has 0 amide bonds. The van der Waals surface area contributed by atoms with Crippen LogP contribution in [-0.2, 0) is 11.2 Å². The predicted octanol–water partition coefficient (Wildman–Crippen LogP) is 7.53. The molecule has 42 heavy (non-hydrogen) atoms. The molecule has 0 spiro atoms. The molecule has 2 aromatic heterocycles. The van der Waals surface area contributed by atoms with Crippen LogP contribution >= 0.6 is 22.9 Å². The summed E-state index contributed by atoms with van der Waals surface area (Å²) < 4.78 is 3.37. The van der Waals surface area contributed by atoms with Gasteiger partial charge in [0.2, 0.25) is 0 Å². The van der Waals surface area contributed by atoms with E-state index in [-0.39, 0.29) is 6.42 Å². The number of aromatic nitrogens is 3. The minimum Gasteiger partial charge on any atom is -0.481 e. The summed E-state index contributed by atoms with van der Waals surface area (Å²) in [4.78, 5) is 24.0. The summed E-state index contributed by atoms with van der Waals surface area (Å²) in [5.41, 5.74) is 7.15. The quantitative estimate of drug-likeness (QED) is 0.215. The average Bonchev–Trinajstić information content (AvgIpc) is 3.59. The number of thiazole rings is 1. The Hall–Kier alpha value is -3.30. The summed E-state index contributed by atoms with van der Waals surface area (Å²) >= 11 is 7.77. The molecule has 1 aliphatic heterocycles. The number of rotatable bonds is 5. The minimum atomic E-state index is -0.853. The van der Waals surface area contributed by atoms with Gasteiger partial charge in [-0.1, -0.05) is 23.7 Å². The number of fused-ring (bicyclic) bond motifs is 2. The molecule has 0 bridgehead atoms. The molecule has 220 valence electrons. The number of nitrogens with zero attached hydrogens (tertiary/aromatic N) is 4. The van der Waals surface area contributed by atoms with Crippen molar-refractivity contribution in [1.82, 2.24) is 19.4 Å². The fourth-order valence-electron chi connectivity index (χ4n) is 5.59. The molecule has 1 atom stereocenters. The van der Waals surface area contributed by atoms with Gasteiger partial charge in [0.1, 0.15) is 10.8 Å². The number of likely N-dealkylation sites (tertiary alicyclic amines) is 1. The van der Waals surface area contributed by atoms with E-state index in [4.69, 9.17) is 26.7 Å². The SMILES string of the molecule is CC(C)(C)O.Cc1cc2nc(-c3ccc4nc(C)n(C5CCN(C)C5)c4c3)sc2c(-c2ccc(Cl)cc2)c1CC(=O)O. The molecule has 2 N–H and O–H groups in total. The van der Waals surface area contributed by atoms with Gasteiger partial charge in [0, 0.05) is 28.7 Å². The number of likely N-dealkylation sites (N-methyl/N-ethyl adjacent to an activating group) is 1. The molecule has 9 heteroatoms. The summed E-state index contributed by atoms with van der Waals surface area (Å²) in [5.74, 6) is 0.185. The van der Waals surface area contributed by atoms with Crippen molar-refractivity contribution in [1.29, 1.82) is 0 Å². The van der Waals surface area contributed by atoms with Crippen LogP contribution in [0, 0.1) is 13.8 Å². The summed E-state index contributed by atoms with van der Waals surface area (Å²) in [6.45, 7) is 11.4. The van der Waals surface area contributed by atoms with Gasteiger partial charge in [0.15, 0.2) is 0 Å². The number of aryl methyl sites for hydroxylation is 2. The first-order valence-electron chi connectivity index (χ1n) is 14.1. The number of carbonyl (C=O) groups is 1. The van der Waals surface area contributed by atoms with Crippen LogP contribution in [0.15, 0.2) is 48.5 Å². The van der Waals surface area contributed by atoms with E-state index < -0.39 is 11.6 Å². The van der Waals surface area contributed by atoms with Gasteiger partial charge in [-0.25, -0.2) is 9.97 Å². The molecule has 6 rings (SSSR count). The Kier molecular flexibility index (Phi) is 8.45. The molecule has 1 saturated heterocycles. The molecule has 0 aliphatic carbocycles. The zero-order chi connectivity index (χ0) is 30.3. The Labute approximate surface area is 255 Å². The number of benzene rings is 3. The number of imidazole rings is 1. The molecule has 0 radical (unpaired) electrons. The lowest BCUT2D eigenvalue weighted by molar-refractivity contribution is -0.136. The highest BCUT2D eigenvalue weighted by molar-refractivity contribution is 7.22. The van der Waals surface area contributed by atoms with Gasteiger partial charge in [-0.15, -0.1) is 11.3 Å². The number of carboxylic acids is 1. The van der Waals surface area contributed by atoms with Gasteiger partial charge >= 0.3 is 5.97 Å². The van der Waals surface area contributed by atoms with Crippen LogP contribution in [0.2, 0.25) is 5.02 Å². The Balaban J connectivity index is 0.000000652. The van der Waals surface area contributed by atoms with Crippen molar-refractivity contribution >= 4 is 50.2 Å². The highest BCUT2D eigenvalue weighted by Crippen LogP contribution is 2.41. The van der Waals surface area contributed by atoms with Crippen LogP contribution in [0.1, 0.15) is 50.2 Å². The smallest absolute Gasteiger partial charge is 0.307 e. The lowest BCUT2D eigenvalue weighted by atomic mass is 9.93. The minimum absolute atomic E-state index is 0.0484. The Bertz CT molecular complexity index is 1760. The first-order valence-corrected chi connectivity index (χ1v) is 15.3. The van der Waals surface area contributed by atoms with Gasteiger partial charge in [0.25, 0.3) is 0 Å². The first-order chi connectivity index (χ1) is 19.8. The lowest BCUT2D eigenvalue weighted by Gasteiger charge is -2.15. The van der Waals surface area contributed by atoms with Crippen LogP contribution in [0.5, 0.6) is 0 Å². The fraction of sp³-hybridized carbons (Fsp3) is 0.364. The molecule has 1 aliphatic rings. The number of aliphatic hydroxyl groups is 1. The van der Waals surface area contributed by atoms with E-state index >= 15 is 0 Å². The van der Waals surface area contributed by atoms with Crippen molar-refractivity contribution in [2.75, 3.05) is 20.1 Å². The van der Waals surface area contributed by atoms with Gasteiger partial charge in [-0.3, -0.25) is 4.79 Å². The van der Waals surface area contributed by atoms with E-state index in [1.165, 1.54) is 0 Å². The van der Waals surface area contributed by atoms with E-state index in [1.807, 2.05) is 37.3 Å². The predicted molar refractivity (Wildman–Crippen MR) is 173 cm³/mol. The number of hydrogen-bond acceptors (Lipinski definition) is 6. The van der Waals surface area contributed by atoms with E-state index in [0.29, 0.717) is 11.1 Å². The van der Waals surface area contributed by atoms with Gasteiger partial charge in [-0.05, 0) is 108 Å². The zero-order valence-electron chi connectivity index (χ0n) is 24.9. The highest BCUT2D eigenvalue weighted by Gasteiger charge is 2.25. The lowest BCUT2D eigenvalue weighted by Crippen LogP contribution is -2.17. The Morgan fingerprint density at radius 2 is 1.71 bits per heavy atom. The van der Waals surface area contributed by atoms with Crippen LogP contribution in [0.25, 0.3) is 42.9 Å². The molecule has 5 aromatic rings. The maximum Gasteiger partial charge on any atom is 0.307 e. The second-order valence-corrected chi connectivity index (χ2v) is 13.5. The zero-order valence-corrected chi connectivity index (χ0v) is 26.5. The van der Waals surface area contributed by atoms with Crippen LogP contribution < -0.4 is 0 Å². The molecular weight excluding hydrogens is 568 g/mol. The van der Waals surface area contributed by atoms with Gasteiger partial charge < -0.3 is 19.7 Å². The van der Waals surface area contributed by atoms with Crippen LogP contribution in [-0.4, -0.2) is 61.4 Å². The van der Waals surface area contributed by atoms with E-state index in [1.54, 1.807) is 32.1 Å². The number of carboxylic acid groups (broad SMARTS) is 1. The summed E-state index contributed by atoms with van der Waals surface area (Å²) in [7, 11) is 2.17. The Morgan fingerprint density at radius 1 is 1.05 bits per heavy atom. The number of hydrogen-bond donors (Lipinski definition) is 2. The monoisotopic (exact) mass is 604 g/mol. The molecule has 3 aromatic carbocycles. The van der Waals surface area contributed by atoms with Gasteiger partial charge in [-0.2, -0.15) is 0 Å². The molecule has 1 unspecified atom stereocenters. The van der Waals surface area contributed by atoms with Crippen molar-refractivity contribution in [2.45, 2.75) is 59.1 Å². The fourth-order valence-corrected chi connectivity index (χ4v) is 6.85. The second kappa shape index (κ2) is 11.8. The van der Waals surface area contributed by atoms with Gasteiger partial charge in [0.05, 0.1) is 33.3 Å². The number of aliphatic carboxylic acids is 1.